The molecule has 0 atom stereocenters. The Kier molecular flexibility index (Phi) is 2.44. The summed E-state index contributed by atoms with van der Waals surface area (Å²) in [6.07, 6.45) is 2.63. The van der Waals surface area contributed by atoms with Gasteiger partial charge in [-0.25, -0.2) is 0 Å². The van der Waals surface area contributed by atoms with Crippen LogP contribution >= 0.6 is 11.3 Å². The zero-order valence-electron chi connectivity index (χ0n) is 8.61. The van der Waals surface area contributed by atoms with Crippen LogP contribution in [0.5, 0.6) is 0 Å². The normalized spacial score (nSPS) is 15.5. The van der Waals surface area contributed by atoms with Gasteiger partial charge in [0.2, 0.25) is 0 Å². The molecule has 0 fully saturated rings. The van der Waals surface area contributed by atoms with Gasteiger partial charge in [0.15, 0.2) is 0 Å². The smallest absolute Gasteiger partial charge is 0.253 e. The maximum absolute atomic E-state index is 11.3. The van der Waals surface area contributed by atoms with Gasteiger partial charge < -0.3 is 0 Å². The standard InChI is InChI=1S/C11H11NO2S/c1-7-5-9(15-8(7)2)6-12-10(13)3-4-11(12)14/h3-5H,6H2,1-2H3. The highest BCUT2D eigenvalue weighted by molar-refractivity contribution is 7.12. The van der Waals surface area contributed by atoms with Crippen LogP contribution in [-0.4, -0.2) is 16.7 Å². The second kappa shape index (κ2) is 3.62. The first kappa shape index (κ1) is 10.1. The van der Waals surface area contributed by atoms with E-state index in [1.807, 2.05) is 19.9 Å². The van der Waals surface area contributed by atoms with Crippen molar-refractivity contribution in [2.24, 2.45) is 0 Å². The minimum atomic E-state index is -0.219. The number of hydrogen-bond acceptors (Lipinski definition) is 3. The van der Waals surface area contributed by atoms with Crippen LogP contribution in [0.25, 0.3) is 0 Å². The van der Waals surface area contributed by atoms with Gasteiger partial charge in [-0.2, -0.15) is 0 Å². The summed E-state index contributed by atoms with van der Waals surface area (Å²) in [6.45, 7) is 4.46. The SMILES string of the molecule is Cc1cc(CN2C(=O)C=CC2=O)sc1C. The van der Waals surface area contributed by atoms with Crippen LogP contribution in [0.15, 0.2) is 18.2 Å². The van der Waals surface area contributed by atoms with Crippen molar-refractivity contribution in [2.45, 2.75) is 20.4 Å². The molecule has 3 nitrogen and oxygen atoms in total. The monoisotopic (exact) mass is 221 g/mol. The predicted molar refractivity (Wildman–Crippen MR) is 58.5 cm³/mol. The van der Waals surface area contributed by atoms with Crippen LogP contribution in [0.4, 0.5) is 0 Å². The average Bonchev–Trinajstić information content (AvgIpc) is 2.64. The van der Waals surface area contributed by atoms with Crippen LogP contribution in [-0.2, 0) is 16.1 Å². The lowest BCUT2D eigenvalue weighted by Crippen LogP contribution is -2.28. The number of rotatable bonds is 2. The third-order valence-corrected chi connectivity index (χ3v) is 3.57. The van der Waals surface area contributed by atoms with E-state index in [2.05, 4.69) is 0 Å². The molecule has 2 rings (SSSR count). The number of imide groups is 1. The third-order valence-electron chi connectivity index (χ3n) is 2.43. The molecule has 0 saturated carbocycles. The molecule has 0 bridgehead atoms. The molecule has 0 unspecified atom stereocenters. The van der Waals surface area contributed by atoms with Gasteiger partial charge in [-0.1, -0.05) is 0 Å². The van der Waals surface area contributed by atoms with Gasteiger partial charge in [-0.05, 0) is 25.5 Å². The Morgan fingerprint density at radius 2 is 1.80 bits per heavy atom. The maximum Gasteiger partial charge on any atom is 0.253 e. The fourth-order valence-corrected chi connectivity index (χ4v) is 2.51. The second-order valence-electron chi connectivity index (χ2n) is 3.55. The van der Waals surface area contributed by atoms with E-state index in [0.29, 0.717) is 6.54 Å². The van der Waals surface area contributed by atoms with Gasteiger partial charge in [0.1, 0.15) is 0 Å². The van der Waals surface area contributed by atoms with Gasteiger partial charge >= 0.3 is 0 Å². The van der Waals surface area contributed by atoms with E-state index in [9.17, 15) is 9.59 Å². The molecule has 1 aliphatic heterocycles. The van der Waals surface area contributed by atoms with Crippen LogP contribution in [0.3, 0.4) is 0 Å². The zero-order valence-corrected chi connectivity index (χ0v) is 9.43. The van der Waals surface area contributed by atoms with Crippen LogP contribution < -0.4 is 0 Å². The maximum atomic E-state index is 11.3. The molecule has 0 spiro atoms. The average molecular weight is 221 g/mol. The van der Waals surface area contributed by atoms with E-state index < -0.39 is 0 Å². The highest BCUT2D eigenvalue weighted by atomic mass is 32.1. The molecule has 0 aliphatic carbocycles. The molecule has 15 heavy (non-hydrogen) atoms. The zero-order chi connectivity index (χ0) is 11.0. The van der Waals surface area contributed by atoms with Crippen molar-refractivity contribution >= 4 is 23.2 Å². The van der Waals surface area contributed by atoms with E-state index >= 15 is 0 Å². The fraction of sp³-hybridized carbons (Fsp3) is 0.273. The Labute approximate surface area is 92.0 Å². The topological polar surface area (TPSA) is 37.4 Å². The predicted octanol–water partition coefficient (Wildman–Crippen LogP) is 1.79. The first-order valence-corrected chi connectivity index (χ1v) is 5.49. The van der Waals surface area contributed by atoms with E-state index in [1.165, 1.54) is 27.5 Å². The molecule has 78 valence electrons. The lowest BCUT2D eigenvalue weighted by Gasteiger charge is -2.11. The van der Waals surface area contributed by atoms with Crippen molar-refractivity contribution in [2.75, 3.05) is 0 Å². The summed E-state index contributed by atoms with van der Waals surface area (Å²) in [5.41, 5.74) is 1.21. The number of hydrogen-bond donors (Lipinski definition) is 0. The number of thiophene rings is 1. The van der Waals surface area contributed by atoms with E-state index in [4.69, 9.17) is 0 Å². The molecule has 0 saturated heterocycles. The summed E-state index contributed by atoms with van der Waals surface area (Å²) >= 11 is 1.63. The van der Waals surface area contributed by atoms with Crippen molar-refractivity contribution in [3.05, 3.63) is 33.5 Å². The quantitative estimate of drug-likeness (QED) is 0.714. The van der Waals surface area contributed by atoms with Crippen molar-refractivity contribution in [3.8, 4) is 0 Å². The summed E-state index contributed by atoms with van der Waals surface area (Å²) in [6, 6.07) is 2.03. The summed E-state index contributed by atoms with van der Waals surface area (Å²) < 4.78 is 0. The molecule has 2 heterocycles. The van der Waals surface area contributed by atoms with Crippen molar-refractivity contribution in [1.82, 2.24) is 4.90 Å². The van der Waals surface area contributed by atoms with Crippen LogP contribution in [0, 0.1) is 13.8 Å². The Bertz CT molecular complexity index is 422. The summed E-state index contributed by atoms with van der Waals surface area (Å²) in [5, 5.41) is 0. The van der Waals surface area contributed by atoms with Crippen LogP contribution in [0.1, 0.15) is 15.3 Å². The van der Waals surface area contributed by atoms with Gasteiger partial charge in [0.25, 0.3) is 11.8 Å². The third kappa shape index (κ3) is 1.85. The molecule has 0 radical (unpaired) electrons. The summed E-state index contributed by atoms with van der Waals surface area (Å²) in [5.74, 6) is -0.438. The number of amides is 2. The highest BCUT2D eigenvalue weighted by Crippen LogP contribution is 2.23. The molecule has 4 heteroatoms. The number of nitrogens with zero attached hydrogens (tertiary/aromatic N) is 1. The molecule has 2 amide bonds. The van der Waals surface area contributed by atoms with Gasteiger partial charge in [0.05, 0.1) is 6.54 Å². The molecular formula is C11H11NO2S. The largest absolute Gasteiger partial charge is 0.270 e. The van der Waals surface area contributed by atoms with Gasteiger partial charge in [-0.3, -0.25) is 14.5 Å². The molecule has 1 aliphatic rings. The highest BCUT2D eigenvalue weighted by Gasteiger charge is 2.23. The Morgan fingerprint density at radius 3 is 2.27 bits per heavy atom. The Balaban J connectivity index is 2.16. The molecule has 0 aromatic carbocycles. The minimum Gasteiger partial charge on any atom is -0.270 e. The molecule has 1 aromatic heterocycles. The minimum absolute atomic E-state index is 0.219. The van der Waals surface area contributed by atoms with Crippen molar-refractivity contribution < 1.29 is 9.59 Å². The Hall–Kier alpha value is -1.42. The molecule has 1 aromatic rings. The van der Waals surface area contributed by atoms with E-state index in [0.717, 1.165) is 4.88 Å². The Morgan fingerprint density at radius 1 is 1.20 bits per heavy atom. The van der Waals surface area contributed by atoms with Gasteiger partial charge in [-0.15, -0.1) is 11.3 Å². The van der Waals surface area contributed by atoms with Crippen molar-refractivity contribution in [3.63, 3.8) is 0 Å². The second-order valence-corrected chi connectivity index (χ2v) is 4.89. The fourth-order valence-electron chi connectivity index (χ4n) is 1.47. The van der Waals surface area contributed by atoms with Gasteiger partial charge in [0, 0.05) is 21.9 Å². The lowest BCUT2D eigenvalue weighted by atomic mass is 10.3. The van der Waals surface area contributed by atoms with E-state index in [-0.39, 0.29) is 11.8 Å². The number of carbonyl (C=O) groups excluding carboxylic acids is 2. The van der Waals surface area contributed by atoms with Crippen LogP contribution in [0.2, 0.25) is 0 Å². The van der Waals surface area contributed by atoms with Crippen molar-refractivity contribution in [1.29, 1.82) is 0 Å². The molecule has 0 N–H and O–H groups in total. The molecular weight excluding hydrogens is 210 g/mol. The lowest BCUT2D eigenvalue weighted by molar-refractivity contribution is -0.137. The first-order valence-electron chi connectivity index (χ1n) is 4.67. The van der Waals surface area contributed by atoms with E-state index in [1.54, 1.807) is 11.3 Å². The summed E-state index contributed by atoms with van der Waals surface area (Å²) in [7, 11) is 0. The number of aryl methyl sites for hydroxylation is 2. The summed E-state index contributed by atoms with van der Waals surface area (Å²) in [4.78, 5) is 26.1. The first-order chi connectivity index (χ1) is 7.08. The number of carbonyl (C=O) groups is 2.